The van der Waals surface area contributed by atoms with Crippen LogP contribution in [0.4, 0.5) is 11.4 Å². The highest BCUT2D eigenvalue weighted by atomic mass is 16.6. The van der Waals surface area contributed by atoms with E-state index in [0.717, 1.165) is 24.0 Å². The van der Waals surface area contributed by atoms with E-state index >= 15 is 0 Å². The van der Waals surface area contributed by atoms with Gasteiger partial charge in [0.2, 0.25) is 5.91 Å². The Balaban J connectivity index is 1.83. The van der Waals surface area contributed by atoms with Crippen LogP contribution in [0.2, 0.25) is 0 Å². The fourth-order valence-electron chi connectivity index (χ4n) is 3.73. The molecule has 8 nitrogen and oxygen atoms in total. The predicted octanol–water partition coefficient (Wildman–Crippen LogP) is 3.78. The molecule has 0 bridgehead atoms. The normalized spacial score (nSPS) is 15.5. The Labute approximate surface area is 181 Å². The molecule has 0 saturated carbocycles. The molecule has 31 heavy (non-hydrogen) atoms. The topological polar surface area (TPSA) is 102 Å². The number of rotatable bonds is 7. The van der Waals surface area contributed by atoms with E-state index in [4.69, 9.17) is 4.74 Å². The van der Waals surface area contributed by atoms with Crippen molar-refractivity contribution in [3.63, 3.8) is 0 Å². The molecule has 1 aliphatic rings. The molecule has 1 aliphatic heterocycles. The second-order valence-electron chi connectivity index (χ2n) is 7.82. The van der Waals surface area contributed by atoms with Gasteiger partial charge in [-0.05, 0) is 56.9 Å². The standard InChI is InChI=1S/C23H27N3O5/c1-15-7-4-10-20(16(15)2)24-22(27)14-25(13-18-8-6-12-31-18)23(28)19-9-5-11-21(17(19)3)26(29)30/h4-5,7,9-11,18H,6,8,12-14H2,1-3H3,(H,24,27). The third kappa shape index (κ3) is 5.27. The lowest BCUT2D eigenvalue weighted by Gasteiger charge is -2.26. The number of carbonyl (C=O) groups excluding carboxylic acids is 2. The summed E-state index contributed by atoms with van der Waals surface area (Å²) in [4.78, 5) is 38.3. The number of nitrogens with one attached hydrogen (secondary N) is 1. The van der Waals surface area contributed by atoms with E-state index in [1.165, 1.54) is 17.0 Å². The van der Waals surface area contributed by atoms with E-state index in [9.17, 15) is 19.7 Å². The number of anilines is 1. The summed E-state index contributed by atoms with van der Waals surface area (Å²) in [7, 11) is 0. The summed E-state index contributed by atoms with van der Waals surface area (Å²) in [5, 5.41) is 14.2. The van der Waals surface area contributed by atoms with Crippen LogP contribution < -0.4 is 5.32 Å². The zero-order chi connectivity index (χ0) is 22.5. The van der Waals surface area contributed by atoms with Crippen LogP contribution in [0.1, 0.15) is 39.9 Å². The maximum atomic E-state index is 13.3. The van der Waals surface area contributed by atoms with Crippen LogP contribution in [0.25, 0.3) is 0 Å². The Morgan fingerprint density at radius 1 is 1.16 bits per heavy atom. The smallest absolute Gasteiger partial charge is 0.273 e. The molecule has 0 aromatic heterocycles. The van der Waals surface area contributed by atoms with Gasteiger partial charge in [-0.3, -0.25) is 19.7 Å². The van der Waals surface area contributed by atoms with Crippen molar-refractivity contribution in [2.45, 2.75) is 39.7 Å². The highest BCUT2D eigenvalue weighted by Gasteiger charge is 2.28. The molecule has 8 heteroatoms. The van der Waals surface area contributed by atoms with E-state index in [0.29, 0.717) is 12.3 Å². The van der Waals surface area contributed by atoms with E-state index in [2.05, 4.69) is 5.32 Å². The van der Waals surface area contributed by atoms with Crippen molar-refractivity contribution in [1.82, 2.24) is 4.90 Å². The molecular formula is C23H27N3O5. The number of amides is 2. The van der Waals surface area contributed by atoms with E-state index < -0.39 is 10.8 Å². The molecule has 0 spiro atoms. The van der Waals surface area contributed by atoms with Gasteiger partial charge in [0, 0.05) is 36.0 Å². The number of nitro groups is 1. The Morgan fingerprint density at radius 2 is 1.90 bits per heavy atom. The van der Waals surface area contributed by atoms with E-state index in [1.807, 2.05) is 32.0 Å². The summed E-state index contributed by atoms with van der Waals surface area (Å²) in [6.07, 6.45) is 1.55. The van der Waals surface area contributed by atoms with Crippen molar-refractivity contribution in [2.75, 3.05) is 25.0 Å². The molecule has 1 fully saturated rings. The molecule has 164 valence electrons. The second-order valence-corrected chi connectivity index (χ2v) is 7.82. The first-order valence-electron chi connectivity index (χ1n) is 10.3. The van der Waals surface area contributed by atoms with Gasteiger partial charge in [-0.25, -0.2) is 0 Å². The second kappa shape index (κ2) is 9.70. The van der Waals surface area contributed by atoms with Gasteiger partial charge >= 0.3 is 0 Å². The molecule has 1 saturated heterocycles. The molecule has 2 aromatic rings. The molecule has 1 N–H and O–H groups in total. The first-order valence-corrected chi connectivity index (χ1v) is 10.3. The van der Waals surface area contributed by atoms with Gasteiger partial charge in [-0.1, -0.05) is 18.2 Å². The van der Waals surface area contributed by atoms with Crippen LogP contribution in [-0.4, -0.2) is 47.4 Å². The van der Waals surface area contributed by atoms with Crippen molar-refractivity contribution in [1.29, 1.82) is 0 Å². The molecule has 0 radical (unpaired) electrons. The minimum atomic E-state index is -0.510. The Hall–Kier alpha value is -3.26. The van der Waals surface area contributed by atoms with Crippen LogP contribution >= 0.6 is 0 Å². The van der Waals surface area contributed by atoms with Crippen molar-refractivity contribution < 1.29 is 19.2 Å². The van der Waals surface area contributed by atoms with Gasteiger partial charge in [0.25, 0.3) is 11.6 Å². The number of aryl methyl sites for hydroxylation is 1. The average molecular weight is 425 g/mol. The summed E-state index contributed by atoms with van der Waals surface area (Å²) in [5.74, 6) is -0.754. The average Bonchev–Trinajstić information content (AvgIpc) is 3.23. The van der Waals surface area contributed by atoms with Gasteiger partial charge < -0.3 is 15.0 Å². The molecule has 2 amide bonds. The van der Waals surface area contributed by atoms with Gasteiger partial charge in [-0.15, -0.1) is 0 Å². The Morgan fingerprint density at radius 3 is 2.58 bits per heavy atom. The minimum Gasteiger partial charge on any atom is -0.376 e. The summed E-state index contributed by atoms with van der Waals surface area (Å²) in [5.41, 5.74) is 3.08. The Bertz CT molecular complexity index is 999. The highest BCUT2D eigenvalue weighted by molar-refractivity contribution is 6.01. The van der Waals surface area contributed by atoms with Crippen molar-refractivity contribution in [3.8, 4) is 0 Å². The van der Waals surface area contributed by atoms with Gasteiger partial charge in [0.15, 0.2) is 0 Å². The van der Waals surface area contributed by atoms with E-state index in [-0.39, 0.29) is 41.9 Å². The summed E-state index contributed by atoms with van der Waals surface area (Å²) in [6, 6.07) is 10.0. The van der Waals surface area contributed by atoms with Crippen molar-refractivity contribution in [2.24, 2.45) is 0 Å². The molecular weight excluding hydrogens is 398 g/mol. The molecule has 1 heterocycles. The summed E-state index contributed by atoms with van der Waals surface area (Å²) < 4.78 is 5.66. The van der Waals surface area contributed by atoms with Gasteiger partial charge in [-0.2, -0.15) is 0 Å². The van der Waals surface area contributed by atoms with Crippen LogP contribution in [0.15, 0.2) is 36.4 Å². The summed E-state index contributed by atoms with van der Waals surface area (Å²) in [6.45, 7) is 6.13. The number of hydrogen-bond acceptors (Lipinski definition) is 5. The third-order valence-corrected chi connectivity index (χ3v) is 5.68. The molecule has 1 unspecified atom stereocenters. The van der Waals surface area contributed by atoms with Gasteiger partial charge in [0.1, 0.15) is 6.54 Å². The number of benzene rings is 2. The van der Waals surface area contributed by atoms with Crippen LogP contribution in [0, 0.1) is 30.9 Å². The highest BCUT2D eigenvalue weighted by Crippen LogP contribution is 2.24. The third-order valence-electron chi connectivity index (χ3n) is 5.68. The molecule has 3 rings (SSSR count). The number of hydrogen-bond donors (Lipinski definition) is 1. The lowest BCUT2D eigenvalue weighted by molar-refractivity contribution is -0.385. The maximum absolute atomic E-state index is 13.3. The van der Waals surface area contributed by atoms with Crippen LogP contribution in [0.5, 0.6) is 0 Å². The number of nitrogens with zero attached hydrogens (tertiary/aromatic N) is 2. The summed E-state index contributed by atoms with van der Waals surface area (Å²) >= 11 is 0. The fourth-order valence-corrected chi connectivity index (χ4v) is 3.73. The zero-order valence-corrected chi connectivity index (χ0v) is 18.0. The first kappa shape index (κ1) is 22.4. The quantitative estimate of drug-likeness (QED) is 0.537. The minimum absolute atomic E-state index is 0.122. The van der Waals surface area contributed by atoms with Crippen LogP contribution in [0.3, 0.4) is 0 Å². The predicted molar refractivity (Wildman–Crippen MR) is 117 cm³/mol. The monoisotopic (exact) mass is 425 g/mol. The van der Waals surface area contributed by atoms with Crippen molar-refractivity contribution in [3.05, 3.63) is 68.8 Å². The first-order chi connectivity index (χ1) is 14.8. The lowest BCUT2D eigenvalue weighted by atomic mass is 10.0. The lowest BCUT2D eigenvalue weighted by Crippen LogP contribution is -2.42. The largest absolute Gasteiger partial charge is 0.376 e. The number of ether oxygens (including phenoxy) is 1. The van der Waals surface area contributed by atoms with Crippen molar-refractivity contribution >= 4 is 23.2 Å². The number of nitro benzene ring substituents is 1. The SMILES string of the molecule is Cc1cccc(NC(=O)CN(CC2CCCO2)C(=O)c2cccc([N+](=O)[O-])c2C)c1C. The molecule has 2 aromatic carbocycles. The van der Waals surface area contributed by atoms with Gasteiger partial charge in [0.05, 0.1) is 11.0 Å². The molecule has 0 aliphatic carbocycles. The zero-order valence-electron chi connectivity index (χ0n) is 18.0. The molecule has 1 atom stereocenters. The fraction of sp³-hybridized carbons (Fsp3) is 0.391. The number of carbonyl (C=O) groups is 2. The Kier molecular flexibility index (Phi) is 7.02. The van der Waals surface area contributed by atoms with E-state index in [1.54, 1.807) is 13.0 Å². The maximum Gasteiger partial charge on any atom is 0.273 e. The van der Waals surface area contributed by atoms with Crippen LogP contribution in [-0.2, 0) is 9.53 Å².